The van der Waals surface area contributed by atoms with E-state index < -0.39 is 10.0 Å². The molecule has 1 aliphatic rings. The number of hydrogen-bond acceptors (Lipinski definition) is 4. The fourth-order valence-corrected chi connectivity index (χ4v) is 4.66. The molecule has 1 N–H and O–H groups in total. The number of fused-ring (bicyclic) bond motifs is 1. The largest absolute Gasteiger partial charge is 0.314 e. The molecular weight excluding hydrogens is 312 g/mol. The molecule has 2 atom stereocenters. The minimum atomic E-state index is -3.40. The van der Waals surface area contributed by atoms with Gasteiger partial charge in [0.2, 0.25) is 10.0 Å². The molecule has 124 valence electrons. The van der Waals surface area contributed by atoms with Crippen molar-refractivity contribution in [2.45, 2.75) is 45.2 Å². The highest BCUT2D eigenvalue weighted by Crippen LogP contribution is 2.21. The predicted octanol–water partition coefficient (Wildman–Crippen LogP) is 2.01. The Morgan fingerprint density at radius 1 is 1.22 bits per heavy atom. The second-order valence-corrected chi connectivity index (χ2v) is 7.96. The van der Waals surface area contributed by atoms with Gasteiger partial charge < -0.3 is 4.57 Å². The number of aromatic nitrogens is 3. The molecule has 0 saturated carbocycles. The van der Waals surface area contributed by atoms with Crippen LogP contribution in [0.5, 0.6) is 0 Å². The summed E-state index contributed by atoms with van der Waals surface area (Å²) in [5.41, 5.74) is 1.02. The molecule has 3 rings (SSSR count). The summed E-state index contributed by atoms with van der Waals surface area (Å²) in [6.07, 6.45) is 1.96. The second-order valence-electron chi connectivity index (χ2n) is 6.16. The standard InChI is InChI=1S/C16H22N4O2S/c1-12(14-7-4-3-5-8-14)11-23(21,22)19-13(2)16-18-17-15-9-6-10-20(15)16/h3-5,7-8,12-13,19H,6,9-11H2,1-2H3/t12-,13-/m0/s1. The van der Waals surface area contributed by atoms with Crippen LogP contribution < -0.4 is 4.72 Å². The lowest BCUT2D eigenvalue weighted by Gasteiger charge is -2.17. The molecule has 0 saturated heterocycles. The average Bonchev–Trinajstić information content (AvgIpc) is 3.09. The van der Waals surface area contributed by atoms with Crippen molar-refractivity contribution >= 4 is 10.0 Å². The highest BCUT2D eigenvalue weighted by Gasteiger charge is 2.25. The van der Waals surface area contributed by atoms with Crippen LogP contribution in [0.25, 0.3) is 0 Å². The second kappa shape index (κ2) is 6.41. The van der Waals surface area contributed by atoms with Gasteiger partial charge in [-0.05, 0) is 24.8 Å². The van der Waals surface area contributed by atoms with E-state index in [0.717, 1.165) is 30.8 Å². The van der Waals surface area contributed by atoms with Gasteiger partial charge in [0.1, 0.15) is 5.82 Å². The van der Waals surface area contributed by atoms with Gasteiger partial charge in [-0.15, -0.1) is 10.2 Å². The van der Waals surface area contributed by atoms with Crippen LogP contribution >= 0.6 is 0 Å². The maximum Gasteiger partial charge on any atom is 0.212 e. The first-order valence-electron chi connectivity index (χ1n) is 7.93. The first-order chi connectivity index (χ1) is 11.0. The van der Waals surface area contributed by atoms with Gasteiger partial charge in [-0.2, -0.15) is 0 Å². The van der Waals surface area contributed by atoms with Crippen molar-refractivity contribution in [3.8, 4) is 0 Å². The Kier molecular flexibility index (Phi) is 4.50. The van der Waals surface area contributed by atoms with Crippen LogP contribution in [0.4, 0.5) is 0 Å². The predicted molar refractivity (Wildman–Crippen MR) is 88.5 cm³/mol. The van der Waals surface area contributed by atoms with Crippen molar-refractivity contribution in [3.05, 3.63) is 47.5 Å². The van der Waals surface area contributed by atoms with Crippen molar-refractivity contribution < 1.29 is 8.42 Å². The van der Waals surface area contributed by atoms with Gasteiger partial charge in [0.05, 0.1) is 11.8 Å². The quantitative estimate of drug-likeness (QED) is 0.876. The summed E-state index contributed by atoms with van der Waals surface area (Å²) in [5, 5.41) is 8.28. The topological polar surface area (TPSA) is 76.9 Å². The lowest BCUT2D eigenvalue weighted by atomic mass is 10.0. The van der Waals surface area contributed by atoms with Gasteiger partial charge in [0.15, 0.2) is 5.82 Å². The molecule has 0 radical (unpaired) electrons. The van der Waals surface area contributed by atoms with Crippen LogP contribution in [0.3, 0.4) is 0 Å². The molecule has 0 amide bonds. The summed E-state index contributed by atoms with van der Waals surface area (Å²) in [6, 6.07) is 9.31. The number of sulfonamides is 1. The molecule has 2 heterocycles. The maximum atomic E-state index is 12.5. The van der Waals surface area contributed by atoms with Gasteiger partial charge in [-0.3, -0.25) is 0 Å². The minimum Gasteiger partial charge on any atom is -0.314 e. The Morgan fingerprint density at radius 2 is 1.96 bits per heavy atom. The summed E-state index contributed by atoms with van der Waals surface area (Å²) in [4.78, 5) is 0. The Balaban J connectivity index is 1.68. The zero-order valence-corrected chi connectivity index (χ0v) is 14.3. The molecule has 0 spiro atoms. The van der Waals surface area contributed by atoms with E-state index in [0.29, 0.717) is 5.82 Å². The van der Waals surface area contributed by atoms with E-state index in [4.69, 9.17) is 0 Å². The van der Waals surface area contributed by atoms with E-state index >= 15 is 0 Å². The normalized spacial score (nSPS) is 17.0. The van der Waals surface area contributed by atoms with Gasteiger partial charge >= 0.3 is 0 Å². The lowest BCUT2D eigenvalue weighted by Crippen LogP contribution is -2.32. The summed E-state index contributed by atoms with van der Waals surface area (Å²) >= 11 is 0. The van der Waals surface area contributed by atoms with Crippen molar-refractivity contribution in [2.75, 3.05) is 5.75 Å². The van der Waals surface area contributed by atoms with E-state index in [2.05, 4.69) is 14.9 Å². The third-order valence-corrected chi connectivity index (χ3v) is 5.87. The van der Waals surface area contributed by atoms with Gasteiger partial charge in [0.25, 0.3) is 0 Å². The monoisotopic (exact) mass is 334 g/mol. The zero-order valence-electron chi connectivity index (χ0n) is 13.4. The molecular formula is C16H22N4O2S. The van der Waals surface area contributed by atoms with Crippen LogP contribution in [-0.2, 0) is 23.0 Å². The Hall–Kier alpha value is -1.73. The summed E-state index contributed by atoms with van der Waals surface area (Å²) < 4.78 is 29.7. The van der Waals surface area contributed by atoms with Crippen molar-refractivity contribution in [3.63, 3.8) is 0 Å². The SMILES string of the molecule is C[C@H](NS(=O)(=O)C[C@H](C)c1ccccc1)c1nnc2n1CCC2. The molecule has 23 heavy (non-hydrogen) atoms. The van der Waals surface area contributed by atoms with Gasteiger partial charge in [-0.1, -0.05) is 37.3 Å². The van der Waals surface area contributed by atoms with Crippen molar-refractivity contribution in [2.24, 2.45) is 0 Å². The van der Waals surface area contributed by atoms with Gasteiger partial charge in [-0.25, -0.2) is 13.1 Å². The van der Waals surface area contributed by atoms with Crippen LogP contribution in [0.1, 0.15) is 49.4 Å². The lowest BCUT2D eigenvalue weighted by molar-refractivity contribution is 0.542. The van der Waals surface area contributed by atoms with Crippen molar-refractivity contribution in [1.29, 1.82) is 0 Å². The van der Waals surface area contributed by atoms with Crippen LogP contribution in [0.2, 0.25) is 0 Å². The fraction of sp³-hybridized carbons (Fsp3) is 0.500. The molecule has 0 unspecified atom stereocenters. The number of nitrogens with zero attached hydrogens (tertiary/aromatic N) is 3. The molecule has 6 nitrogen and oxygen atoms in total. The average molecular weight is 334 g/mol. The van der Waals surface area contributed by atoms with E-state index in [9.17, 15) is 8.42 Å². The maximum absolute atomic E-state index is 12.5. The van der Waals surface area contributed by atoms with Crippen LogP contribution in [-0.4, -0.2) is 28.9 Å². The fourth-order valence-electron chi connectivity index (χ4n) is 3.07. The summed E-state index contributed by atoms with van der Waals surface area (Å²) in [6.45, 7) is 4.61. The number of benzene rings is 1. The Morgan fingerprint density at radius 3 is 2.70 bits per heavy atom. The first-order valence-corrected chi connectivity index (χ1v) is 9.58. The van der Waals surface area contributed by atoms with E-state index in [1.807, 2.05) is 48.7 Å². The van der Waals surface area contributed by atoms with E-state index in [1.165, 1.54) is 0 Å². The molecule has 1 aliphatic heterocycles. The smallest absolute Gasteiger partial charge is 0.212 e. The van der Waals surface area contributed by atoms with Crippen LogP contribution in [0.15, 0.2) is 30.3 Å². The van der Waals surface area contributed by atoms with E-state index in [-0.39, 0.29) is 17.7 Å². The zero-order chi connectivity index (χ0) is 16.4. The molecule has 0 bridgehead atoms. The van der Waals surface area contributed by atoms with Crippen LogP contribution in [0, 0.1) is 0 Å². The first kappa shape index (κ1) is 16.1. The molecule has 2 aromatic rings. The van der Waals surface area contributed by atoms with Crippen molar-refractivity contribution in [1.82, 2.24) is 19.5 Å². The summed E-state index contributed by atoms with van der Waals surface area (Å²) in [7, 11) is -3.40. The number of nitrogens with one attached hydrogen (secondary N) is 1. The van der Waals surface area contributed by atoms with Gasteiger partial charge in [0, 0.05) is 13.0 Å². The highest BCUT2D eigenvalue weighted by atomic mass is 32.2. The third kappa shape index (κ3) is 3.61. The molecule has 1 aromatic carbocycles. The number of rotatable bonds is 6. The molecule has 1 aromatic heterocycles. The molecule has 7 heteroatoms. The summed E-state index contributed by atoms with van der Waals surface area (Å²) in [5.74, 6) is 1.64. The molecule has 0 aliphatic carbocycles. The number of hydrogen-bond donors (Lipinski definition) is 1. The van der Waals surface area contributed by atoms with E-state index in [1.54, 1.807) is 0 Å². The Bertz CT molecular complexity index is 771. The Labute approximate surface area is 137 Å². The molecule has 0 fully saturated rings. The third-order valence-electron chi connectivity index (χ3n) is 4.22. The highest BCUT2D eigenvalue weighted by molar-refractivity contribution is 7.89. The minimum absolute atomic E-state index is 0.0579. The number of aryl methyl sites for hydroxylation is 1.